The monoisotopic (exact) mass is 282 g/mol. The van der Waals surface area contributed by atoms with Crippen LogP contribution in [-0.4, -0.2) is 22.1 Å². The fourth-order valence-corrected chi connectivity index (χ4v) is 2.01. The molecule has 0 atom stereocenters. The molecule has 0 fully saturated rings. The summed E-state index contributed by atoms with van der Waals surface area (Å²) >= 11 is 0. The molecule has 0 spiro atoms. The van der Waals surface area contributed by atoms with Crippen molar-refractivity contribution in [2.45, 2.75) is 6.61 Å². The summed E-state index contributed by atoms with van der Waals surface area (Å²) in [4.78, 5) is 12.6. The fraction of sp³-hybridized carbons (Fsp3) is 0.133. The standard InChI is InChI=1S/C15H14N4O2/c1-20-9-14-18-13(16)8-15(19-14)21-12-6-2-5-11-10(12)4-3-7-17-11/h2-8H,9H2,1H3,(H2,16,18,19). The van der Waals surface area contributed by atoms with Crippen molar-refractivity contribution in [3.63, 3.8) is 0 Å². The summed E-state index contributed by atoms with van der Waals surface area (Å²) in [6, 6.07) is 11.0. The van der Waals surface area contributed by atoms with Gasteiger partial charge in [0.25, 0.3) is 0 Å². The average molecular weight is 282 g/mol. The Kier molecular flexibility index (Phi) is 3.61. The number of anilines is 1. The smallest absolute Gasteiger partial charge is 0.224 e. The van der Waals surface area contributed by atoms with Crippen molar-refractivity contribution in [3.8, 4) is 11.6 Å². The Bertz CT molecular complexity index is 771. The minimum atomic E-state index is 0.276. The predicted molar refractivity (Wildman–Crippen MR) is 79.0 cm³/mol. The van der Waals surface area contributed by atoms with Gasteiger partial charge < -0.3 is 15.2 Å². The minimum Gasteiger partial charge on any atom is -0.438 e. The molecule has 0 saturated heterocycles. The summed E-state index contributed by atoms with van der Waals surface area (Å²) in [6.07, 6.45) is 1.74. The van der Waals surface area contributed by atoms with Crippen molar-refractivity contribution in [1.82, 2.24) is 15.0 Å². The molecule has 6 heteroatoms. The van der Waals surface area contributed by atoms with E-state index in [4.69, 9.17) is 15.2 Å². The summed E-state index contributed by atoms with van der Waals surface area (Å²) in [7, 11) is 1.57. The SMILES string of the molecule is COCc1nc(N)cc(Oc2cccc3ncccc23)n1. The third kappa shape index (κ3) is 2.90. The number of methoxy groups -OCH3 is 1. The van der Waals surface area contributed by atoms with Crippen LogP contribution in [0.25, 0.3) is 10.9 Å². The highest BCUT2D eigenvalue weighted by Gasteiger charge is 2.07. The Labute approximate surface area is 121 Å². The molecule has 106 valence electrons. The Morgan fingerprint density at radius 2 is 2.05 bits per heavy atom. The number of benzene rings is 1. The van der Waals surface area contributed by atoms with Gasteiger partial charge in [0.05, 0.1) is 5.52 Å². The lowest BCUT2D eigenvalue weighted by atomic mass is 10.2. The van der Waals surface area contributed by atoms with E-state index in [1.165, 1.54) is 0 Å². The Hall–Kier alpha value is -2.73. The normalized spacial score (nSPS) is 10.7. The molecule has 1 aromatic carbocycles. The lowest BCUT2D eigenvalue weighted by Crippen LogP contribution is -2.02. The largest absolute Gasteiger partial charge is 0.438 e. The van der Waals surface area contributed by atoms with Crippen LogP contribution in [0.15, 0.2) is 42.6 Å². The van der Waals surface area contributed by atoms with Gasteiger partial charge in [-0.05, 0) is 24.3 Å². The van der Waals surface area contributed by atoms with Gasteiger partial charge in [-0.15, -0.1) is 0 Å². The first kappa shape index (κ1) is 13.3. The van der Waals surface area contributed by atoms with E-state index in [9.17, 15) is 0 Å². The molecular weight excluding hydrogens is 268 g/mol. The molecule has 3 rings (SSSR count). The summed E-state index contributed by atoms with van der Waals surface area (Å²) in [5.41, 5.74) is 6.61. The number of ether oxygens (including phenoxy) is 2. The quantitative estimate of drug-likeness (QED) is 0.791. The highest BCUT2D eigenvalue weighted by Crippen LogP contribution is 2.28. The van der Waals surface area contributed by atoms with Gasteiger partial charge in [-0.3, -0.25) is 4.98 Å². The van der Waals surface area contributed by atoms with Gasteiger partial charge in [-0.25, -0.2) is 4.98 Å². The number of hydrogen-bond donors (Lipinski definition) is 1. The minimum absolute atomic E-state index is 0.276. The second kappa shape index (κ2) is 5.72. The van der Waals surface area contributed by atoms with Crippen LogP contribution < -0.4 is 10.5 Å². The summed E-state index contributed by atoms with van der Waals surface area (Å²) in [5.74, 6) is 1.87. The van der Waals surface area contributed by atoms with Gasteiger partial charge in [0, 0.05) is 24.8 Å². The number of rotatable bonds is 4. The molecule has 2 heterocycles. The van der Waals surface area contributed by atoms with E-state index in [2.05, 4.69) is 15.0 Å². The highest BCUT2D eigenvalue weighted by atomic mass is 16.5. The summed E-state index contributed by atoms with van der Waals surface area (Å²) in [6.45, 7) is 0.276. The molecule has 2 aromatic heterocycles. The van der Waals surface area contributed by atoms with E-state index < -0.39 is 0 Å². The molecule has 0 bridgehead atoms. The number of nitrogens with two attached hydrogens (primary N) is 1. The second-order valence-electron chi connectivity index (χ2n) is 4.41. The first-order chi connectivity index (χ1) is 10.3. The van der Waals surface area contributed by atoms with Gasteiger partial charge in [0.2, 0.25) is 5.88 Å². The van der Waals surface area contributed by atoms with Crippen LogP contribution >= 0.6 is 0 Å². The van der Waals surface area contributed by atoms with E-state index in [1.807, 2.05) is 30.3 Å². The number of hydrogen-bond acceptors (Lipinski definition) is 6. The molecule has 0 aliphatic rings. The van der Waals surface area contributed by atoms with Crippen molar-refractivity contribution < 1.29 is 9.47 Å². The molecule has 21 heavy (non-hydrogen) atoms. The van der Waals surface area contributed by atoms with Crippen molar-refractivity contribution >= 4 is 16.7 Å². The Balaban J connectivity index is 1.98. The lowest BCUT2D eigenvalue weighted by Gasteiger charge is -2.09. The van der Waals surface area contributed by atoms with Crippen molar-refractivity contribution in [2.24, 2.45) is 0 Å². The van der Waals surface area contributed by atoms with Crippen molar-refractivity contribution in [1.29, 1.82) is 0 Å². The van der Waals surface area contributed by atoms with E-state index in [1.54, 1.807) is 19.4 Å². The topological polar surface area (TPSA) is 83.2 Å². The van der Waals surface area contributed by atoms with Crippen LogP contribution in [0.4, 0.5) is 5.82 Å². The van der Waals surface area contributed by atoms with E-state index in [0.717, 1.165) is 10.9 Å². The van der Waals surface area contributed by atoms with Crippen LogP contribution in [0, 0.1) is 0 Å². The van der Waals surface area contributed by atoms with Gasteiger partial charge in [-0.2, -0.15) is 4.98 Å². The number of pyridine rings is 1. The molecule has 3 aromatic rings. The molecular formula is C15H14N4O2. The third-order valence-corrected chi connectivity index (χ3v) is 2.86. The number of aromatic nitrogens is 3. The summed E-state index contributed by atoms with van der Waals surface area (Å²) in [5, 5.41) is 0.908. The van der Waals surface area contributed by atoms with Gasteiger partial charge in [0.1, 0.15) is 18.2 Å². The van der Waals surface area contributed by atoms with Crippen LogP contribution in [0.1, 0.15) is 5.82 Å². The third-order valence-electron chi connectivity index (χ3n) is 2.86. The fourth-order valence-electron chi connectivity index (χ4n) is 2.01. The van der Waals surface area contributed by atoms with E-state index in [0.29, 0.717) is 23.3 Å². The number of fused-ring (bicyclic) bond motifs is 1. The zero-order chi connectivity index (χ0) is 14.7. The molecule has 0 amide bonds. The molecule has 2 N–H and O–H groups in total. The number of nitrogen functional groups attached to an aromatic ring is 1. The van der Waals surface area contributed by atoms with Crippen molar-refractivity contribution in [2.75, 3.05) is 12.8 Å². The van der Waals surface area contributed by atoms with Crippen molar-refractivity contribution in [3.05, 3.63) is 48.4 Å². The number of nitrogens with zero attached hydrogens (tertiary/aromatic N) is 3. The maximum atomic E-state index is 5.83. The van der Waals surface area contributed by atoms with Crippen LogP contribution in [0.2, 0.25) is 0 Å². The van der Waals surface area contributed by atoms with Crippen LogP contribution in [0.5, 0.6) is 11.6 Å². The maximum Gasteiger partial charge on any atom is 0.224 e. The van der Waals surface area contributed by atoms with Gasteiger partial charge in [-0.1, -0.05) is 6.07 Å². The van der Waals surface area contributed by atoms with E-state index in [-0.39, 0.29) is 6.61 Å². The van der Waals surface area contributed by atoms with Crippen LogP contribution in [-0.2, 0) is 11.3 Å². The molecule has 0 aliphatic heterocycles. The van der Waals surface area contributed by atoms with Crippen LogP contribution in [0.3, 0.4) is 0 Å². The Morgan fingerprint density at radius 3 is 2.90 bits per heavy atom. The van der Waals surface area contributed by atoms with Gasteiger partial charge >= 0.3 is 0 Å². The predicted octanol–water partition coefficient (Wildman–Crippen LogP) is 2.55. The second-order valence-corrected chi connectivity index (χ2v) is 4.41. The molecule has 0 unspecified atom stereocenters. The molecule has 0 aliphatic carbocycles. The zero-order valence-electron chi connectivity index (χ0n) is 11.5. The summed E-state index contributed by atoms with van der Waals surface area (Å²) < 4.78 is 10.8. The highest BCUT2D eigenvalue weighted by molar-refractivity contribution is 5.85. The first-order valence-corrected chi connectivity index (χ1v) is 6.40. The first-order valence-electron chi connectivity index (χ1n) is 6.40. The Morgan fingerprint density at radius 1 is 1.14 bits per heavy atom. The lowest BCUT2D eigenvalue weighted by molar-refractivity contribution is 0.177. The zero-order valence-corrected chi connectivity index (χ0v) is 11.5. The molecule has 0 saturated carbocycles. The maximum absolute atomic E-state index is 5.83. The molecule has 0 radical (unpaired) electrons. The van der Waals surface area contributed by atoms with E-state index >= 15 is 0 Å². The molecule has 6 nitrogen and oxygen atoms in total. The average Bonchev–Trinajstić information content (AvgIpc) is 2.47. The van der Waals surface area contributed by atoms with Gasteiger partial charge in [0.15, 0.2) is 5.82 Å².